The fourth-order valence-electron chi connectivity index (χ4n) is 2.48. The number of para-hydroxylation sites is 1. The molecule has 3 aromatic rings. The summed E-state index contributed by atoms with van der Waals surface area (Å²) in [6.07, 6.45) is 3.78. The van der Waals surface area contributed by atoms with Gasteiger partial charge in [0.15, 0.2) is 5.17 Å². The van der Waals surface area contributed by atoms with E-state index in [2.05, 4.69) is 31.2 Å². The number of amides is 1. The second-order valence-electron chi connectivity index (χ2n) is 5.26. The van der Waals surface area contributed by atoms with Crippen molar-refractivity contribution in [3.8, 4) is 0 Å². The van der Waals surface area contributed by atoms with Crippen molar-refractivity contribution in [1.82, 2.24) is 4.98 Å². The summed E-state index contributed by atoms with van der Waals surface area (Å²) in [7, 11) is 0. The molecule has 1 aliphatic heterocycles. The van der Waals surface area contributed by atoms with Crippen molar-refractivity contribution in [1.29, 1.82) is 0 Å². The van der Waals surface area contributed by atoms with Crippen LogP contribution in [-0.2, 0) is 4.79 Å². The zero-order valence-electron chi connectivity index (χ0n) is 12.4. The SMILES string of the molecule is O=C1N=C(Nc2ccccc2)S/C1=C/c1c[nH]c2ccc(Br)cc12. The molecule has 6 heteroatoms. The van der Waals surface area contributed by atoms with E-state index in [1.54, 1.807) is 0 Å². The molecule has 0 unspecified atom stereocenters. The zero-order chi connectivity index (χ0) is 16.5. The molecule has 118 valence electrons. The van der Waals surface area contributed by atoms with E-state index in [4.69, 9.17) is 0 Å². The number of nitrogens with zero attached hydrogens (tertiary/aromatic N) is 1. The predicted octanol–water partition coefficient (Wildman–Crippen LogP) is 5.01. The third kappa shape index (κ3) is 3.02. The Hall–Kier alpha value is -2.31. The van der Waals surface area contributed by atoms with Crippen LogP contribution in [0.1, 0.15) is 5.56 Å². The van der Waals surface area contributed by atoms with E-state index in [0.717, 1.165) is 26.6 Å². The van der Waals surface area contributed by atoms with Gasteiger partial charge in [0.25, 0.3) is 5.91 Å². The average molecular weight is 398 g/mol. The van der Waals surface area contributed by atoms with Gasteiger partial charge in [-0.05, 0) is 48.2 Å². The quantitative estimate of drug-likeness (QED) is 0.597. The van der Waals surface area contributed by atoms with Crippen LogP contribution in [0.4, 0.5) is 5.69 Å². The number of carbonyl (C=O) groups excluding carboxylic acids is 1. The molecule has 0 atom stereocenters. The Morgan fingerprint density at radius 1 is 1.17 bits per heavy atom. The van der Waals surface area contributed by atoms with E-state index in [9.17, 15) is 4.79 Å². The largest absolute Gasteiger partial charge is 0.361 e. The Bertz CT molecular complexity index is 992. The maximum Gasteiger partial charge on any atom is 0.286 e. The van der Waals surface area contributed by atoms with Crippen LogP contribution in [0.5, 0.6) is 0 Å². The molecule has 4 rings (SSSR count). The van der Waals surface area contributed by atoms with Crippen molar-refractivity contribution in [2.45, 2.75) is 0 Å². The second kappa shape index (κ2) is 6.30. The number of H-pyrrole nitrogens is 1. The molecular formula is C18H12BrN3OS. The summed E-state index contributed by atoms with van der Waals surface area (Å²) >= 11 is 4.83. The summed E-state index contributed by atoms with van der Waals surface area (Å²) in [6.45, 7) is 0. The fraction of sp³-hybridized carbons (Fsp3) is 0. The first kappa shape index (κ1) is 15.2. The van der Waals surface area contributed by atoms with Gasteiger partial charge in [-0.15, -0.1) is 0 Å². The van der Waals surface area contributed by atoms with Gasteiger partial charge in [0.1, 0.15) is 0 Å². The Morgan fingerprint density at radius 3 is 2.83 bits per heavy atom. The third-order valence-electron chi connectivity index (χ3n) is 3.61. The number of amidine groups is 1. The van der Waals surface area contributed by atoms with E-state index < -0.39 is 0 Å². The number of carbonyl (C=O) groups is 1. The first-order valence-electron chi connectivity index (χ1n) is 7.30. The number of halogens is 1. The first-order chi connectivity index (χ1) is 11.7. The smallest absolute Gasteiger partial charge is 0.286 e. The fourth-order valence-corrected chi connectivity index (χ4v) is 3.67. The number of aromatic nitrogens is 1. The molecule has 4 nitrogen and oxygen atoms in total. The van der Waals surface area contributed by atoms with Crippen LogP contribution in [0.25, 0.3) is 17.0 Å². The molecule has 1 aromatic heterocycles. The summed E-state index contributed by atoms with van der Waals surface area (Å²) in [6, 6.07) is 15.7. The molecule has 0 radical (unpaired) electrons. The van der Waals surface area contributed by atoms with Gasteiger partial charge in [-0.1, -0.05) is 34.1 Å². The van der Waals surface area contributed by atoms with Crippen molar-refractivity contribution in [3.63, 3.8) is 0 Å². The van der Waals surface area contributed by atoms with Gasteiger partial charge in [0.2, 0.25) is 0 Å². The highest BCUT2D eigenvalue weighted by atomic mass is 79.9. The Morgan fingerprint density at radius 2 is 2.00 bits per heavy atom. The normalized spacial score (nSPS) is 16.0. The standard InChI is InChI=1S/C18H12BrN3OS/c19-12-6-7-15-14(9-12)11(10-20-15)8-16-17(23)22-18(24-16)21-13-4-2-1-3-5-13/h1-10,20H,(H,21,22,23)/b16-8+. The van der Waals surface area contributed by atoms with Crippen LogP contribution >= 0.6 is 27.7 Å². The van der Waals surface area contributed by atoms with Gasteiger partial charge in [0.05, 0.1) is 4.91 Å². The highest BCUT2D eigenvalue weighted by molar-refractivity contribution is 9.10. The van der Waals surface area contributed by atoms with Crippen LogP contribution in [0, 0.1) is 0 Å². The summed E-state index contributed by atoms with van der Waals surface area (Å²) in [5.74, 6) is -0.220. The Labute approximate surface area is 151 Å². The molecule has 2 N–H and O–H groups in total. The van der Waals surface area contributed by atoms with Gasteiger partial charge in [-0.3, -0.25) is 4.79 Å². The maximum absolute atomic E-state index is 12.2. The van der Waals surface area contributed by atoms with E-state index >= 15 is 0 Å². The molecule has 0 fully saturated rings. The number of fused-ring (bicyclic) bond motifs is 1. The summed E-state index contributed by atoms with van der Waals surface area (Å²) in [5.41, 5.74) is 2.91. The van der Waals surface area contributed by atoms with Crippen LogP contribution < -0.4 is 5.32 Å². The topological polar surface area (TPSA) is 57.2 Å². The molecule has 1 amide bonds. The van der Waals surface area contributed by atoms with Crippen LogP contribution in [0.15, 0.2) is 69.1 Å². The van der Waals surface area contributed by atoms with Gasteiger partial charge in [0, 0.05) is 32.8 Å². The zero-order valence-corrected chi connectivity index (χ0v) is 14.8. The van der Waals surface area contributed by atoms with Crippen LogP contribution in [0.3, 0.4) is 0 Å². The second-order valence-corrected chi connectivity index (χ2v) is 7.20. The summed E-state index contributed by atoms with van der Waals surface area (Å²) < 4.78 is 1.00. The lowest BCUT2D eigenvalue weighted by Gasteiger charge is -2.03. The Kier molecular flexibility index (Phi) is 4.00. The third-order valence-corrected chi connectivity index (χ3v) is 5.00. The van der Waals surface area contributed by atoms with E-state index in [1.807, 2.05) is 60.8 Å². The predicted molar refractivity (Wildman–Crippen MR) is 104 cm³/mol. The molecule has 24 heavy (non-hydrogen) atoms. The van der Waals surface area contributed by atoms with Gasteiger partial charge >= 0.3 is 0 Å². The number of nitrogens with one attached hydrogen (secondary N) is 2. The minimum atomic E-state index is -0.220. The lowest BCUT2D eigenvalue weighted by molar-refractivity contribution is -0.113. The van der Waals surface area contributed by atoms with E-state index in [0.29, 0.717) is 10.1 Å². The average Bonchev–Trinajstić information content (AvgIpc) is 3.12. The molecule has 1 aliphatic rings. The monoisotopic (exact) mass is 397 g/mol. The molecule has 0 aliphatic carbocycles. The number of aromatic amines is 1. The summed E-state index contributed by atoms with van der Waals surface area (Å²) in [5, 5.41) is 4.82. The van der Waals surface area contributed by atoms with Gasteiger partial charge < -0.3 is 10.3 Å². The lowest BCUT2D eigenvalue weighted by Crippen LogP contribution is -2.04. The van der Waals surface area contributed by atoms with Crippen LogP contribution in [0.2, 0.25) is 0 Å². The number of benzene rings is 2. The maximum atomic E-state index is 12.2. The van der Waals surface area contributed by atoms with Crippen molar-refractivity contribution in [3.05, 3.63) is 69.7 Å². The molecular weight excluding hydrogens is 386 g/mol. The molecule has 0 saturated carbocycles. The minimum Gasteiger partial charge on any atom is -0.361 e. The molecule has 0 spiro atoms. The first-order valence-corrected chi connectivity index (χ1v) is 8.91. The number of hydrogen-bond acceptors (Lipinski definition) is 3. The Balaban J connectivity index is 1.60. The van der Waals surface area contributed by atoms with Crippen molar-refractivity contribution >= 4 is 61.4 Å². The van der Waals surface area contributed by atoms with Gasteiger partial charge in [-0.2, -0.15) is 4.99 Å². The van der Waals surface area contributed by atoms with Crippen LogP contribution in [-0.4, -0.2) is 16.1 Å². The van der Waals surface area contributed by atoms with E-state index in [1.165, 1.54) is 11.8 Å². The number of hydrogen-bond donors (Lipinski definition) is 2. The molecule has 2 heterocycles. The number of thioether (sulfide) groups is 1. The summed E-state index contributed by atoms with van der Waals surface area (Å²) in [4.78, 5) is 20.1. The highest BCUT2D eigenvalue weighted by Crippen LogP contribution is 2.31. The van der Waals surface area contributed by atoms with Crippen molar-refractivity contribution in [2.24, 2.45) is 4.99 Å². The lowest BCUT2D eigenvalue weighted by atomic mass is 10.1. The van der Waals surface area contributed by atoms with Crippen molar-refractivity contribution in [2.75, 3.05) is 5.32 Å². The number of rotatable bonds is 2. The molecule has 2 aromatic carbocycles. The number of aliphatic imine (C=N–C) groups is 1. The van der Waals surface area contributed by atoms with E-state index in [-0.39, 0.29) is 5.91 Å². The highest BCUT2D eigenvalue weighted by Gasteiger charge is 2.22. The number of anilines is 1. The van der Waals surface area contributed by atoms with Gasteiger partial charge in [-0.25, -0.2) is 0 Å². The van der Waals surface area contributed by atoms with Crippen molar-refractivity contribution < 1.29 is 4.79 Å². The molecule has 0 saturated heterocycles. The minimum absolute atomic E-state index is 0.220. The molecule has 0 bridgehead atoms.